The topological polar surface area (TPSA) is 48.7 Å². The Balaban J connectivity index is 2.43. The lowest BCUT2D eigenvalue weighted by molar-refractivity contribution is 0.0205. The first-order valence-corrected chi connectivity index (χ1v) is 3.90. The van der Waals surface area contributed by atoms with Crippen molar-refractivity contribution in [3.05, 3.63) is 18.6 Å². The Morgan fingerprint density at radius 3 is 2.62 bits per heavy atom. The minimum atomic E-state index is -0.728. The quantitative estimate of drug-likeness (QED) is 0.629. The van der Waals surface area contributed by atoms with Gasteiger partial charge in [0.1, 0.15) is 11.9 Å². The van der Waals surface area contributed by atoms with Crippen LogP contribution in [0.1, 0.15) is 20.8 Å². The Bertz CT molecular complexity index is 268. The smallest absolute Gasteiger partial charge is 0.469 e. The highest BCUT2D eigenvalue weighted by atomic mass is 16.7. The van der Waals surface area contributed by atoms with E-state index in [0.29, 0.717) is 5.75 Å². The molecule has 1 heterocycles. The number of furan rings is 1. The largest absolute Gasteiger partial charge is 0.514 e. The van der Waals surface area contributed by atoms with Crippen molar-refractivity contribution >= 4 is 6.16 Å². The fourth-order valence-electron chi connectivity index (χ4n) is 0.677. The average molecular weight is 184 g/mol. The van der Waals surface area contributed by atoms with Crippen molar-refractivity contribution in [2.24, 2.45) is 0 Å². The number of carbonyl (C=O) groups excluding carboxylic acids is 1. The molecule has 0 spiro atoms. The van der Waals surface area contributed by atoms with Crippen LogP contribution < -0.4 is 4.74 Å². The predicted molar refractivity (Wildman–Crippen MR) is 45.6 cm³/mol. The van der Waals surface area contributed by atoms with Crippen LogP contribution >= 0.6 is 0 Å². The summed E-state index contributed by atoms with van der Waals surface area (Å²) in [6, 6.07) is 1.53. The van der Waals surface area contributed by atoms with Crippen LogP contribution in [-0.2, 0) is 4.74 Å². The zero-order valence-corrected chi connectivity index (χ0v) is 7.87. The van der Waals surface area contributed by atoms with Gasteiger partial charge in [-0.1, -0.05) is 0 Å². The second-order valence-electron chi connectivity index (χ2n) is 3.53. The molecule has 0 saturated heterocycles. The van der Waals surface area contributed by atoms with Crippen LogP contribution in [0.25, 0.3) is 0 Å². The third-order valence-electron chi connectivity index (χ3n) is 1.09. The number of carbonyl (C=O) groups is 1. The maximum Gasteiger partial charge on any atom is 0.514 e. The maximum absolute atomic E-state index is 11.0. The summed E-state index contributed by atoms with van der Waals surface area (Å²) in [7, 11) is 0. The molecule has 0 unspecified atom stereocenters. The molecular formula is C9H12O4. The van der Waals surface area contributed by atoms with Gasteiger partial charge in [-0.25, -0.2) is 4.79 Å². The van der Waals surface area contributed by atoms with Crippen molar-refractivity contribution in [3.8, 4) is 5.75 Å². The molecule has 4 heteroatoms. The van der Waals surface area contributed by atoms with Crippen LogP contribution in [-0.4, -0.2) is 11.8 Å². The Morgan fingerprint density at radius 2 is 2.15 bits per heavy atom. The molecule has 1 aromatic heterocycles. The van der Waals surface area contributed by atoms with E-state index in [4.69, 9.17) is 13.9 Å². The summed E-state index contributed by atoms with van der Waals surface area (Å²) in [5.41, 5.74) is -0.541. The SMILES string of the molecule is CC(C)(C)OC(=O)Oc1ccoc1. The summed E-state index contributed by atoms with van der Waals surface area (Å²) in [5.74, 6) is 0.342. The lowest BCUT2D eigenvalue weighted by Gasteiger charge is -2.18. The van der Waals surface area contributed by atoms with E-state index in [-0.39, 0.29) is 0 Å². The van der Waals surface area contributed by atoms with Crippen molar-refractivity contribution in [3.63, 3.8) is 0 Å². The minimum absolute atomic E-state index is 0.342. The molecule has 1 aromatic rings. The van der Waals surface area contributed by atoms with Gasteiger partial charge in [0.25, 0.3) is 0 Å². The maximum atomic E-state index is 11.0. The van der Waals surface area contributed by atoms with Gasteiger partial charge in [0.15, 0.2) is 5.75 Å². The van der Waals surface area contributed by atoms with Gasteiger partial charge in [-0.3, -0.25) is 0 Å². The van der Waals surface area contributed by atoms with Crippen LogP contribution in [0, 0.1) is 0 Å². The number of rotatable bonds is 1. The van der Waals surface area contributed by atoms with E-state index in [2.05, 4.69) is 0 Å². The molecule has 0 aromatic carbocycles. The van der Waals surface area contributed by atoms with Crippen molar-refractivity contribution in [1.29, 1.82) is 0 Å². The van der Waals surface area contributed by atoms with Gasteiger partial charge in [0, 0.05) is 6.07 Å². The molecule has 0 aliphatic rings. The number of hydrogen-bond acceptors (Lipinski definition) is 4. The van der Waals surface area contributed by atoms with Gasteiger partial charge in [-0.15, -0.1) is 0 Å². The highest BCUT2D eigenvalue weighted by Crippen LogP contribution is 2.13. The molecule has 0 saturated carbocycles. The Morgan fingerprint density at radius 1 is 1.46 bits per heavy atom. The molecule has 0 bridgehead atoms. The van der Waals surface area contributed by atoms with Gasteiger partial charge in [-0.2, -0.15) is 0 Å². The van der Waals surface area contributed by atoms with Crippen LogP contribution in [0.3, 0.4) is 0 Å². The van der Waals surface area contributed by atoms with Crippen molar-refractivity contribution in [2.75, 3.05) is 0 Å². The molecular weight excluding hydrogens is 172 g/mol. The second-order valence-corrected chi connectivity index (χ2v) is 3.53. The van der Waals surface area contributed by atoms with Crippen LogP contribution in [0.5, 0.6) is 5.75 Å². The summed E-state index contributed by atoms with van der Waals surface area (Å²) >= 11 is 0. The van der Waals surface area contributed by atoms with Crippen LogP contribution in [0.4, 0.5) is 4.79 Å². The van der Waals surface area contributed by atoms with Crippen LogP contribution in [0.2, 0.25) is 0 Å². The van der Waals surface area contributed by atoms with Gasteiger partial charge < -0.3 is 13.9 Å². The molecule has 4 nitrogen and oxygen atoms in total. The van der Waals surface area contributed by atoms with Gasteiger partial charge in [0.05, 0.1) is 6.26 Å². The summed E-state index contributed by atoms with van der Waals surface area (Å²) in [6.07, 6.45) is 2.01. The normalized spacial score (nSPS) is 11.0. The van der Waals surface area contributed by atoms with E-state index in [1.54, 1.807) is 20.8 Å². The van der Waals surface area contributed by atoms with E-state index < -0.39 is 11.8 Å². The number of ether oxygens (including phenoxy) is 2. The summed E-state index contributed by atoms with van der Waals surface area (Å²) in [6.45, 7) is 5.30. The highest BCUT2D eigenvalue weighted by molar-refractivity contribution is 5.63. The van der Waals surface area contributed by atoms with Crippen molar-refractivity contribution < 1.29 is 18.7 Å². The zero-order chi connectivity index (χ0) is 9.90. The second kappa shape index (κ2) is 3.51. The molecule has 0 fully saturated rings. The first-order valence-electron chi connectivity index (χ1n) is 3.90. The molecule has 72 valence electrons. The molecule has 0 N–H and O–H groups in total. The minimum Gasteiger partial charge on any atom is -0.469 e. The monoisotopic (exact) mass is 184 g/mol. The molecule has 0 atom stereocenters. The number of hydrogen-bond donors (Lipinski definition) is 0. The lowest BCUT2D eigenvalue weighted by atomic mass is 10.2. The third-order valence-corrected chi connectivity index (χ3v) is 1.09. The standard InChI is InChI=1S/C9H12O4/c1-9(2,3)13-8(10)12-7-4-5-11-6-7/h4-6H,1-3H3. The van der Waals surface area contributed by atoms with Crippen molar-refractivity contribution in [1.82, 2.24) is 0 Å². The van der Waals surface area contributed by atoms with E-state index in [0.717, 1.165) is 0 Å². The zero-order valence-electron chi connectivity index (χ0n) is 7.87. The summed E-state index contributed by atoms with van der Waals surface area (Å²) in [5, 5.41) is 0. The first-order chi connectivity index (χ1) is 5.97. The van der Waals surface area contributed by atoms with Gasteiger partial charge in [0.2, 0.25) is 0 Å². The molecule has 1 rings (SSSR count). The first kappa shape index (κ1) is 9.64. The van der Waals surface area contributed by atoms with Crippen LogP contribution in [0.15, 0.2) is 23.0 Å². The molecule has 0 aliphatic carbocycles. The van der Waals surface area contributed by atoms with Crippen molar-refractivity contribution in [2.45, 2.75) is 26.4 Å². The molecule has 0 amide bonds. The predicted octanol–water partition coefficient (Wildman–Crippen LogP) is 2.59. The highest BCUT2D eigenvalue weighted by Gasteiger charge is 2.18. The Labute approximate surface area is 76.4 Å². The summed E-state index contributed by atoms with van der Waals surface area (Å²) in [4.78, 5) is 11.0. The molecule has 0 radical (unpaired) electrons. The lowest BCUT2D eigenvalue weighted by Crippen LogP contribution is -2.25. The fraction of sp³-hybridized carbons (Fsp3) is 0.444. The van der Waals surface area contributed by atoms with Gasteiger partial charge >= 0.3 is 6.16 Å². The van der Waals surface area contributed by atoms with E-state index in [9.17, 15) is 4.79 Å². The average Bonchev–Trinajstić information content (AvgIpc) is 2.34. The fourth-order valence-corrected chi connectivity index (χ4v) is 0.677. The van der Waals surface area contributed by atoms with Gasteiger partial charge in [-0.05, 0) is 20.8 Å². The summed E-state index contributed by atoms with van der Waals surface area (Å²) < 4.78 is 14.4. The molecule has 13 heavy (non-hydrogen) atoms. The third kappa shape index (κ3) is 3.64. The van der Waals surface area contributed by atoms with E-state index in [1.807, 2.05) is 0 Å². The van der Waals surface area contributed by atoms with E-state index >= 15 is 0 Å². The Hall–Kier alpha value is -1.45. The Kier molecular flexibility index (Phi) is 2.60. The van der Waals surface area contributed by atoms with E-state index in [1.165, 1.54) is 18.6 Å². The molecule has 0 aliphatic heterocycles.